The summed E-state index contributed by atoms with van der Waals surface area (Å²) in [6, 6.07) is 31.3. The molecule has 0 amide bonds. The van der Waals surface area contributed by atoms with Crippen LogP contribution in [-0.2, 0) is 16.0 Å². The number of hydrogen-bond donors (Lipinski definition) is 0. The SMILES string of the molecule is CCCCCCCCCCOC(=O)CCCc1ccnc(-c2cc(C)ccn2)c1.c1ccc(-c2ccccn2)nc1.c1ccc(-c2ccccn2)nc1. The van der Waals surface area contributed by atoms with Gasteiger partial charge in [-0.25, -0.2) is 0 Å². The van der Waals surface area contributed by atoms with Gasteiger partial charge in [0, 0.05) is 43.6 Å². The molecule has 0 N–H and O–H groups in total. The minimum Gasteiger partial charge on any atom is -0.466 e. The van der Waals surface area contributed by atoms with E-state index in [-0.39, 0.29) is 5.97 Å². The second kappa shape index (κ2) is 24.5. The largest absolute Gasteiger partial charge is 0.466 e. The van der Waals surface area contributed by atoms with Gasteiger partial charge in [-0.1, -0.05) is 76.1 Å². The quantitative estimate of drug-likeness (QED) is 0.0723. The molecule has 53 heavy (non-hydrogen) atoms. The van der Waals surface area contributed by atoms with Crippen LogP contribution in [0.1, 0.15) is 82.3 Å². The number of hydrogen-bond acceptors (Lipinski definition) is 8. The highest BCUT2D eigenvalue weighted by molar-refractivity contribution is 5.69. The number of rotatable bonds is 16. The van der Waals surface area contributed by atoms with Crippen LogP contribution in [0.5, 0.6) is 0 Å². The van der Waals surface area contributed by atoms with Gasteiger partial charge in [0.05, 0.1) is 40.8 Å². The van der Waals surface area contributed by atoms with Gasteiger partial charge in [-0.15, -0.1) is 0 Å². The minimum absolute atomic E-state index is 0.0809. The third kappa shape index (κ3) is 16.1. The van der Waals surface area contributed by atoms with E-state index in [4.69, 9.17) is 4.74 Å². The summed E-state index contributed by atoms with van der Waals surface area (Å²) in [4.78, 5) is 37.5. The topological polar surface area (TPSA) is 104 Å². The summed E-state index contributed by atoms with van der Waals surface area (Å²) in [5, 5.41) is 0. The van der Waals surface area contributed by atoms with Crippen LogP contribution in [-0.4, -0.2) is 42.5 Å². The first-order valence-electron chi connectivity index (χ1n) is 18.8. The molecule has 0 aliphatic heterocycles. The van der Waals surface area contributed by atoms with Crippen molar-refractivity contribution >= 4 is 5.97 Å². The van der Waals surface area contributed by atoms with Crippen LogP contribution >= 0.6 is 0 Å². The number of pyridine rings is 6. The summed E-state index contributed by atoms with van der Waals surface area (Å²) in [7, 11) is 0. The fraction of sp³-hybridized carbons (Fsp3) is 0.311. The molecular formula is C45H52N6O2. The van der Waals surface area contributed by atoms with Crippen molar-refractivity contribution in [2.45, 2.75) is 84.5 Å². The van der Waals surface area contributed by atoms with E-state index < -0.39 is 0 Å². The van der Waals surface area contributed by atoms with Gasteiger partial charge in [0.1, 0.15) is 0 Å². The maximum atomic E-state index is 11.9. The molecule has 8 nitrogen and oxygen atoms in total. The number of aryl methyl sites for hydroxylation is 2. The van der Waals surface area contributed by atoms with Crippen LogP contribution in [0.4, 0.5) is 0 Å². The molecule has 6 rings (SSSR count). The molecule has 0 spiro atoms. The number of ether oxygens (including phenoxy) is 1. The van der Waals surface area contributed by atoms with Gasteiger partial charge in [-0.2, -0.15) is 0 Å². The molecule has 0 saturated heterocycles. The van der Waals surface area contributed by atoms with Gasteiger partial charge in [0.25, 0.3) is 0 Å². The van der Waals surface area contributed by atoms with Gasteiger partial charge in [-0.05, 0) is 110 Å². The average Bonchev–Trinajstić information content (AvgIpc) is 3.22. The Hall–Kier alpha value is -5.63. The van der Waals surface area contributed by atoms with Crippen molar-refractivity contribution in [1.82, 2.24) is 29.9 Å². The number of nitrogens with zero attached hydrogens (tertiary/aromatic N) is 6. The van der Waals surface area contributed by atoms with Crippen LogP contribution in [0.2, 0.25) is 0 Å². The van der Waals surface area contributed by atoms with Crippen molar-refractivity contribution in [2.75, 3.05) is 6.61 Å². The Morgan fingerprint density at radius 3 is 1.42 bits per heavy atom. The van der Waals surface area contributed by atoms with Crippen LogP contribution < -0.4 is 0 Å². The molecule has 0 fully saturated rings. The second-order valence-electron chi connectivity index (χ2n) is 12.7. The summed E-state index contributed by atoms with van der Waals surface area (Å²) < 4.78 is 5.37. The lowest BCUT2D eigenvalue weighted by atomic mass is 10.1. The smallest absolute Gasteiger partial charge is 0.305 e. The monoisotopic (exact) mass is 708 g/mol. The zero-order chi connectivity index (χ0) is 37.2. The van der Waals surface area contributed by atoms with Crippen molar-refractivity contribution < 1.29 is 9.53 Å². The van der Waals surface area contributed by atoms with Crippen molar-refractivity contribution in [3.05, 3.63) is 145 Å². The van der Waals surface area contributed by atoms with Crippen molar-refractivity contribution in [3.8, 4) is 34.2 Å². The third-order valence-corrected chi connectivity index (χ3v) is 8.29. The van der Waals surface area contributed by atoms with Crippen LogP contribution in [0.3, 0.4) is 0 Å². The highest BCUT2D eigenvalue weighted by atomic mass is 16.5. The first kappa shape index (κ1) is 40.1. The molecule has 8 heteroatoms. The van der Waals surface area contributed by atoms with Gasteiger partial charge in [0.2, 0.25) is 0 Å². The first-order chi connectivity index (χ1) is 26.1. The van der Waals surface area contributed by atoms with E-state index in [0.717, 1.165) is 59.8 Å². The molecule has 274 valence electrons. The Morgan fingerprint density at radius 1 is 0.491 bits per heavy atom. The molecule has 0 unspecified atom stereocenters. The molecule has 0 atom stereocenters. The summed E-state index contributed by atoms with van der Waals surface area (Å²) >= 11 is 0. The van der Waals surface area contributed by atoms with E-state index in [9.17, 15) is 4.79 Å². The van der Waals surface area contributed by atoms with Gasteiger partial charge in [-0.3, -0.25) is 34.7 Å². The fourth-order valence-corrected chi connectivity index (χ4v) is 5.43. The molecule has 6 heterocycles. The van der Waals surface area contributed by atoms with E-state index in [0.29, 0.717) is 13.0 Å². The van der Waals surface area contributed by atoms with Crippen LogP contribution in [0, 0.1) is 6.92 Å². The lowest BCUT2D eigenvalue weighted by Gasteiger charge is -2.06. The summed E-state index contributed by atoms with van der Waals surface area (Å²) in [6.45, 7) is 4.85. The highest BCUT2D eigenvalue weighted by Gasteiger charge is 2.06. The Morgan fingerprint density at radius 2 is 0.943 bits per heavy atom. The summed E-state index contributed by atoms with van der Waals surface area (Å²) in [5.41, 5.74) is 7.77. The Bertz CT molecular complexity index is 1690. The van der Waals surface area contributed by atoms with Crippen molar-refractivity contribution in [2.24, 2.45) is 0 Å². The molecule has 0 radical (unpaired) electrons. The van der Waals surface area contributed by atoms with E-state index >= 15 is 0 Å². The van der Waals surface area contributed by atoms with Crippen molar-refractivity contribution in [1.29, 1.82) is 0 Å². The Kier molecular flexibility index (Phi) is 18.6. The number of esters is 1. The second-order valence-corrected chi connectivity index (χ2v) is 12.7. The lowest BCUT2D eigenvalue weighted by Crippen LogP contribution is -2.06. The predicted octanol–water partition coefficient (Wildman–Crippen LogP) is 10.7. The maximum absolute atomic E-state index is 11.9. The van der Waals surface area contributed by atoms with Crippen LogP contribution in [0.25, 0.3) is 34.2 Å². The Balaban J connectivity index is 0.000000211. The van der Waals surface area contributed by atoms with E-state index in [1.807, 2.05) is 110 Å². The average molecular weight is 709 g/mol. The van der Waals surface area contributed by atoms with Gasteiger partial charge in [0.15, 0.2) is 0 Å². The third-order valence-electron chi connectivity index (χ3n) is 8.29. The molecule has 0 saturated carbocycles. The number of carbonyl (C=O) groups is 1. The molecule has 0 bridgehead atoms. The zero-order valence-electron chi connectivity index (χ0n) is 31.2. The van der Waals surface area contributed by atoms with E-state index in [2.05, 4.69) is 42.9 Å². The Labute approximate surface area is 315 Å². The van der Waals surface area contributed by atoms with E-state index in [1.165, 1.54) is 49.7 Å². The van der Waals surface area contributed by atoms with Gasteiger partial charge < -0.3 is 4.74 Å². The van der Waals surface area contributed by atoms with Crippen LogP contribution in [0.15, 0.2) is 134 Å². The van der Waals surface area contributed by atoms with Crippen molar-refractivity contribution in [3.63, 3.8) is 0 Å². The lowest BCUT2D eigenvalue weighted by molar-refractivity contribution is -0.143. The summed E-state index contributed by atoms with van der Waals surface area (Å²) in [5.74, 6) is -0.0809. The summed E-state index contributed by atoms with van der Waals surface area (Å²) in [6.07, 6.45) is 22.8. The minimum atomic E-state index is -0.0809. The first-order valence-corrected chi connectivity index (χ1v) is 18.8. The zero-order valence-corrected chi connectivity index (χ0v) is 31.2. The molecule has 6 aromatic rings. The predicted molar refractivity (Wildman–Crippen MR) is 214 cm³/mol. The number of unbranched alkanes of at least 4 members (excludes halogenated alkanes) is 7. The molecular weight excluding hydrogens is 657 g/mol. The number of carbonyl (C=O) groups excluding carboxylic acids is 1. The van der Waals surface area contributed by atoms with E-state index in [1.54, 1.807) is 24.8 Å². The normalized spacial score (nSPS) is 10.3. The maximum Gasteiger partial charge on any atom is 0.305 e. The molecule has 6 aromatic heterocycles. The molecule has 0 aromatic carbocycles. The highest BCUT2D eigenvalue weighted by Crippen LogP contribution is 2.18. The number of aromatic nitrogens is 6. The van der Waals surface area contributed by atoms with Gasteiger partial charge >= 0.3 is 5.97 Å². The fourth-order valence-electron chi connectivity index (χ4n) is 5.43. The molecule has 0 aliphatic carbocycles. The molecule has 0 aliphatic rings. The standard InChI is InChI=1S/C25H36N2O2.2C10H8N2/c1-3-4-5-6-7-8-9-10-18-29-25(28)13-11-12-22-15-17-27-24(20-22)23-19-21(2)14-16-26-23;2*1-3-7-11-9(5-1)10-6-2-4-8-12-10/h14-17,19-20H,3-13,18H2,1-2H3;2*1-8H.